The predicted octanol–water partition coefficient (Wildman–Crippen LogP) is 0.481. The third-order valence-corrected chi connectivity index (χ3v) is 1.49. The van der Waals surface area contributed by atoms with E-state index in [1.54, 1.807) is 0 Å². The second-order valence-electron chi connectivity index (χ2n) is 3.21. The van der Waals surface area contributed by atoms with Gasteiger partial charge in [0.15, 0.2) is 0 Å². The second kappa shape index (κ2) is 2.49. The maximum atomic E-state index is 3.94. The van der Waals surface area contributed by atoms with Gasteiger partial charge in [-0.2, -0.15) is 7.05 Å². The van der Waals surface area contributed by atoms with Crippen LogP contribution in [0.3, 0.4) is 0 Å². The summed E-state index contributed by atoms with van der Waals surface area (Å²) in [6, 6.07) is 0. The van der Waals surface area contributed by atoms with E-state index in [2.05, 4.69) is 34.7 Å². The molecule has 0 aromatic carbocycles. The summed E-state index contributed by atoms with van der Waals surface area (Å²) in [7, 11) is 3.94. The lowest BCUT2D eigenvalue weighted by molar-refractivity contribution is -0.901. The molecule has 1 nitrogen and oxygen atoms in total. The van der Waals surface area contributed by atoms with Gasteiger partial charge in [-0.1, -0.05) is 0 Å². The fourth-order valence-corrected chi connectivity index (χ4v) is 0.530. The van der Waals surface area contributed by atoms with E-state index < -0.39 is 0 Å². The highest BCUT2D eigenvalue weighted by Crippen LogP contribution is 1.89. The van der Waals surface area contributed by atoms with Crippen molar-refractivity contribution in [3.8, 4) is 0 Å². The summed E-state index contributed by atoms with van der Waals surface area (Å²) in [6.07, 6.45) is 0. The summed E-state index contributed by atoms with van der Waals surface area (Å²) < 4.78 is 0. The summed E-state index contributed by atoms with van der Waals surface area (Å²) in [5.74, 6) is 0. The molecule has 1 unspecified atom stereocenters. The molecule has 0 aliphatic carbocycles. The van der Waals surface area contributed by atoms with E-state index in [9.17, 15) is 0 Å². The Bertz CT molecular complexity index is 61.3. The van der Waals surface area contributed by atoms with Gasteiger partial charge in [-0.25, -0.2) is 0 Å². The van der Waals surface area contributed by atoms with Crippen LogP contribution in [0, 0.1) is 7.05 Å². The zero-order valence-corrected chi connectivity index (χ0v) is 6.41. The Balaban J connectivity index is 3.62. The zero-order valence-electron chi connectivity index (χ0n) is 6.41. The number of hydrogen-bond acceptors (Lipinski definition) is 0. The Labute approximate surface area is 52.7 Å². The standard InChI is InChI=1S/C7H17N/c1-6-8(5)7(2,3)4/h8H,5-6H2,1-4H3. The number of hydrogen-bond donors (Lipinski definition) is 1. The first-order valence-electron chi connectivity index (χ1n) is 3.16. The van der Waals surface area contributed by atoms with Crippen LogP contribution in [-0.2, 0) is 0 Å². The monoisotopic (exact) mass is 115 g/mol. The van der Waals surface area contributed by atoms with Gasteiger partial charge < -0.3 is 4.90 Å². The first kappa shape index (κ1) is 7.96. The van der Waals surface area contributed by atoms with Crippen molar-refractivity contribution in [2.24, 2.45) is 0 Å². The third-order valence-electron chi connectivity index (χ3n) is 1.49. The van der Waals surface area contributed by atoms with Gasteiger partial charge in [0.1, 0.15) is 0 Å². The molecule has 0 fully saturated rings. The Kier molecular flexibility index (Phi) is 2.48. The molecule has 0 amide bonds. The van der Waals surface area contributed by atoms with Crippen molar-refractivity contribution in [1.29, 1.82) is 0 Å². The van der Waals surface area contributed by atoms with Gasteiger partial charge in [0, 0.05) is 0 Å². The predicted molar refractivity (Wildman–Crippen MR) is 36.6 cm³/mol. The van der Waals surface area contributed by atoms with E-state index in [1.807, 2.05) is 0 Å². The molecule has 1 heteroatoms. The average Bonchev–Trinajstić information content (AvgIpc) is 1.62. The molecule has 0 saturated carbocycles. The van der Waals surface area contributed by atoms with E-state index >= 15 is 0 Å². The molecule has 8 heavy (non-hydrogen) atoms. The molecule has 0 radical (unpaired) electrons. The van der Waals surface area contributed by atoms with Crippen molar-refractivity contribution in [1.82, 2.24) is 0 Å². The minimum Gasteiger partial charge on any atom is -0.464 e. The summed E-state index contributed by atoms with van der Waals surface area (Å²) in [5, 5.41) is 0. The van der Waals surface area contributed by atoms with E-state index in [-0.39, 0.29) is 0 Å². The Morgan fingerprint density at radius 3 is 1.75 bits per heavy atom. The van der Waals surface area contributed by atoms with Gasteiger partial charge in [0.05, 0.1) is 12.1 Å². The molecule has 0 spiro atoms. The first-order chi connectivity index (χ1) is 3.48. The zero-order chi connectivity index (χ0) is 6.78. The molecule has 0 saturated heterocycles. The highest BCUT2D eigenvalue weighted by molar-refractivity contribution is 4.54. The quantitative estimate of drug-likeness (QED) is 0.474. The van der Waals surface area contributed by atoms with Crippen LogP contribution in [-0.4, -0.2) is 12.1 Å². The van der Waals surface area contributed by atoms with Crippen LogP contribution in [0.25, 0.3) is 0 Å². The molecular formula is C7H17N. The Morgan fingerprint density at radius 2 is 1.75 bits per heavy atom. The third kappa shape index (κ3) is 2.31. The van der Waals surface area contributed by atoms with Crippen LogP contribution in [0.2, 0.25) is 0 Å². The Morgan fingerprint density at radius 1 is 1.38 bits per heavy atom. The molecule has 0 aliphatic heterocycles. The van der Waals surface area contributed by atoms with E-state index in [0.29, 0.717) is 5.54 Å². The normalized spacial score (nSPS) is 16.1. The van der Waals surface area contributed by atoms with Gasteiger partial charge in [0.2, 0.25) is 0 Å². The van der Waals surface area contributed by atoms with Gasteiger partial charge >= 0.3 is 0 Å². The van der Waals surface area contributed by atoms with Gasteiger partial charge in [0.25, 0.3) is 0 Å². The maximum Gasteiger partial charge on any atom is 0.0652 e. The second-order valence-corrected chi connectivity index (χ2v) is 3.21. The SMILES string of the molecule is [CH2-][NH+](CC)C(C)(C)C. The van der Waals surface area contributed by atoms with Gasteiger partial charge in [-0.05, 0) is 27.7 Å². The van der Waals surface area contributed by atoms with Crippen molar-refractivity contribution >= 4 is 0 Å². The minimum absolute atomic E-state index is 0.314. The largest absolute Gasteiger partial charge is 0.464 e. The van der Waals surface area contributed by atoms with Crippen LogP contribution in [0.15, 0.2) is 0 Å². The minimum atomic E-state index is 0.314. The number of quaternary nitrogens is 1. The average molecular weight is 115 g/mol. The summed E-state index contributed by atoms with van der Waals surface area (Å²) in [4.78, 5) is 1.33. The molecule has 0 heterocycles. The molecular weight excluding hydrogens is 98.1 g/mol. The highest BCUT2D eigenvalue weighted by Gasteiger charge is 2.13. The van der Waals surface area contributed by atoms with Crippen LogP contribution in [0.1, 0.15) is 27.7 Å². The number of nitrogens with one attached hydrogen (secondary N) is 1. The lowest BCUT2D eigenvalue weighted by atomic mass is 10.1. The first-order valence-corrected chi connectivity index (χ1v) is 3.16. The molecule has 50 valence electrons. The van der Waals surface area contributed by atoms with Crippen LogP contribution >= 0.6 is 0 Å². The van der Waals surface area contributed by atoms with Crippen LogP contribution < -0.4 is 4.90 Å². The van der Waals surface area contributed by atoms with Gasteiger partial charge in [-0.3, -0.25) is 0 Å². The van der Waals surface area contributed by atoms with E-state index in [0.717, 1.165) is 6.54 Å². The smallest absolute Gasteiger partial charge is 0.0652 e. The molecule has 1 N–H and O–H groups in total. The molecule has 0 aliphatic rings. The van der Waals surface area contributed by atoms with Crippen molar-refractivity contribution in [2.45, 2.75) is 33.2 Å². The summed E-state index contributed by atoms with van der Waals surface area (Å²) in [6.45, 7) is 9.83. The lowest BCUT2D eigenvalue weighted by Gasteiger charge is -2.33. The molecule has 0 rings (SSSR count). The van der Waals surface area contributed by atoms with Crippen LogP contribution in [0.4, 0.5) is 0 Å². The van der Waals surface area contributed by atoms with E-state index in [4.69, 9.17) is 0 Å². The topological polar surface area (TPSA) is 4.44 Å². The van der Waals surface area contributed by atoms with E-state index in [1.165, 1.54) is 4.90 Å². The van der Waals surface area contributed by atoms with Crippen molar-refractivity contribution < 1.29 is 4.90 Å². The summed E-state index contributed by atoms with van der Waals surface area (Å²) in [5.41, 5.74) is 0.314. The van der Waals surface area contributed by atoms with Crippen molar-refractivity contribution in [3.63, 3.8) is 0 Å². The fourth-order valence-electron chi connectivity index (χ4n) is 0.530. The molecule has 0 aromatic rings. The molecule has 0 bridgehead atoms. The molecule has 1 atom stereocenters. The van der Waals surface area contributed by atoms with Crippen molar-refractivity contribution in [2.75, 3.05) is 6.54 Å². The Hall–Kier alpha value is -0.0400. The number of rotatable bonds is 1. The lowest BCUT2D eigenvalue weighted by Crippen LogP contribution is -3.14. The summed E-state index contributed by atoms with van der Waals surface area (Å²) >= 11 is 0. The molecule has 0 aromatic heterocycles. The van der Waals surface area contributed by atoms with Gasteiger partial charge in [-0.15, -0.1) is 0 Å². The fraction of sp³-hybridized carbons (Fsp3) is 0.857. The van der Waals surface area contributed by atoms with Crippen LogP contribution in [0.5, 0.6) is 0 Å². The van der Waals surface area contributed by atoms with Crippen molar-refractivity contribution in [3.05, 3.63) is 7.05 Å². The maximum absolute atomic E-state index is 3.94. The highest BCUT2D eigenvalue weighted by atomic mass is 15.1.